The predicted octanol–water partition coefficient (Wildman–Crippen LogP) is -2.44. The third kappa shape index (κ3) is 12.2. The summed E-state index contributed by atoms with van der Waals surface area (Å²) in [7, 11) is -16.9. The normalized spacial score (nSPS) is 30.3. The molecular weight excluding hydrogens is 576 g/mol. The number of carbonyl (C=O) groups excluding carboxylic acids is 2. The summed E-state index contributed by atoms with van der Waals surface area (Å²) >= 11 is 0. The minimum atomic E-state index is -5.76. The smallest absolute Gasteiger partial charge is 0.387 e. The third-order valence-electron chi connectivity index (χ3n) is 3.90. The number of rotatable bonds is 8. The first-order chi connectivity index (χ1) is 13.4. The molecule has 2 saturated heterocycles. The quantitative estimate of drug-likeness (QED) is 0.127. The topological polar surface area (TPSA) is 239 Å². The average molecular weight is 594 g/mol. The van der Waals surface area contributed by atoms with Gasteiger partial charge >= 0.3 is 29.5 Å². The third-order valence-corrected chi connectivity index (χ3v) is 7.71. The van der Waals surface area contributed by atoms with Crippen molar-refractivity contribution in [3.63, 3.8) is 0 Å². The summed E-state index contributed by atoms with van der Waals surface area (Å²) in [4.78, 5) is 59.2. The fraction of sp³-hybridized carbons (Fsp3) is 0.800. The molecule has 2 heterocycles. The first-order valence-corrected chi connectivity index (χ1v) is 12.4. The van der Waals surface area contributed by atoms with E-state index in [1.54, 1.807) is 0 Å². The van der Waals surface area contributed by atoms with Crippen LogP contribution in [0.1, 0.15) is 13.3 Å². The van der Waals surface area contributed by atoms with Gasteiger partial charge < -0.3 is 29.4 Å². The standard InChI is InChI=1S/C10H18FN2O14P3.4Na/c1-10(11)7(15)5(25-8(10)13-3-2-6(14)12-9(13)16)4-24-29(20,21)27-30(22,23)26-28(17,18)19;;;;/h5,7-8,15H,2-4H2,1H3,(H,20,21)(H,22,23)(H,12,14,16)(H2,17,18,19);;;;/t5-,7-,8-,10-;;;;/m1..../s1. The molecule has 0 aromatic carbocycles. The molecule has 2 rings (SSSR count). The van der Waals surface area contributed by atoms with E-state index in [-0.39, 0.29) is 131 Å². The maximum atomic E-state index is 15.0. The monoisotopic (exact) mass is 594 g/mol. The number of phosphoric ester groups is 1. The van der Waals surface area contributed by atoms with Gasteiger partial charge in [-0.15, -0.1) is 0 Å². The number of urea groups is 1. The molecule has 0 saturated carbocycles. The van der Waals surface area contributed by atoms with Crippen LogP contribution >= 0.6 is 23.5 Å². The second-order valence-corrected chi connectivity index (χ2v) is 10.7. The number of hydrogen-bond acceptors (Lipinski definition) is 10. The van der Waals surface area contributed by atoms with Crippen molar-refractivity contribution in [2.45, 2.75) is 37.4 Å². The zero-order valence-corrected chi connectivity index (χ0v) is 29.6. The van der Waals surface area contributed by atoms with E-state index in [1.165, 1.54) is 0 Å². The fourth-order valence-electron chi connectivity index (χ4n) is 2.66. The van der Waals surface area contributed by atoms with Gasteiger partial charge in [0.2, 0.25) is 5.91 Å². The molecule has 4 radical (unpaired) electrons. The number of aliphatic hydroxyl groups excluding tert-OH is 1. The molecular formula is C10H18FN2Na4O14P3. The van der Waals surface area contributed by atoms with Crippen molar-refractivity contribution >= 4 is 154 Å². The van der Waals surface area contributed by atoms with E-state index < -0.39 is 66.1 Å². The molecule has 2 aliphatic heterocycles. The number of alkyl halides is 1. The molecule has 6 atom stereocenters. The molecule has 16 nitrogen and oxygen atoms in total. The summed E-state index contributed by atoms with van der Waals surface area (Å²) in [6.07, 6.45) is -5.63. The maximum Gasteiger partial charge on any atom is 0.490 e. The Morgan fingerprint density at radius 1 is 1.09 bits per heavy atom. The number of ether oxygens (including phenoxy) is 1. The number of nitrogens with one attached hydrogen (secondary N) is 1. The van der Waals surface area contributed by atoms with Crippen molar-refractivity contribution in [3.8, 4) is 0 Å². The van der Waals surface area contributed by atoms with E-state index in [4.69, 9.17) is 19.4 Å². The number of carbonyl (C=O) groups is 2. The van der Waals surface area contributed by atoms with Gasteiger partial charge in [-0.2, -0.15) is 8.62 Å². The van der Waals surface area contributed by atoms with Crippen LogP contribution in [0.2, 0.25) is 0 Å². The second-order valence-electron chi connectivity index (χ2n) is 6.31. The van der Waals surface area contributed by atoms with E-state index in [0.717, 1.165) is 11.8 Å². The van der Waals surface area contributed by atoms with Crippen molar-refractivity contribution in [1.82, 2.24) is 10.2 Å². The number of nitrogens with zero attached hydrogens (tertiary/aromatic N) is 1. The van der Waals surface area contributed by atoms with Crippen LogP contribution in [-0.4, -0.2) is 197 Å². The predicted molar refractivity (Wildman–Crippen MR) is 112 cm³/mol. The van der Waals surface area contributed by atoms with Gasteiger partial charge in [-0.3, -0.25) is 19.5 Å². The molecule has 0 aromatic rings. The summed E-state index contributed by atoms with van der Waals surface area (Å²) in [5.74, 6) is -0.612. The van der Waals surface area contributed by atoms with Gasteiger partial charge in [0.05, 0.1) is 6.61 Å². The first kappa shape index (κ1) is 41.7. The Labute approximate surface area is 281 Å². The summed E-state index contributed by atoms with van der Waals surface area (Å²) < 4.78 is 65.0. The van der Waals surface area contributed by atoms with Gasteiger partial charge in [0.15, 0.2) is 11.9 Å². The molecule has 0 spiro atoms. The Morgan fingerprint density at radius 3 is 2.09 bits per heavy atom. The van der Waals surface area contributed by atoms with Crippen LogP contribution in [0.15, 0.2) is 0 Å². The zero-order valence-electron chi connectivity index (χ0n) is 18.9. The molecule has 2 fully saturated rings. The number of hydrogen-bond donors (Lipinski definition) is 6. The molecule has 2 aliphatic rings. The first-order valence-electron chi connectivity index (χ1n) is 7.85. The molecule has 0 bridgehead atoms. The molecule has 24 heteroatoms. The Balaban J connectivity index is -0.00000240. The Bertz CT molecular complexity index is 864. The van der Waals surface area contributed by atoms with Gasteiger partial charge in [0.1, 0.15) is 12.2 Å². The van der Waals surface area contributed by atoms with E-state index in [2.05, 4.69) is 13.1 Å². The number of imide groups is 1. The van der Waals surface area contributed by atoms with E-state index in [1.807, 2.05) is 5.32 Å². The fourth-order valence-corrected chi connectivity index (χ4v) is 5.69. The van der Waals surface area contributed by atoms with Crippen LogP contribution in [0, 0.1) is 0 Å². The summed E-state index contributed by atoms with van der Waals surface area (Å²) in [5, 5.41) is 12.0. The van der Waals surface area contributed by atoms with Crippen LogP contribution in [0.5, 0.6) is 0 Å². The van der Waals surface area contributed by atoms with E-state index in [9.17, 15) is 37.7 Å². The number of phosphoric acid groups is 3. The average Bonchev–Trinajstić information content (AvgIpc) is 2.73. The maximum absolute atomic E-state index is 15.0. The van der Waals surface area contributed by atoms with Crippen LogP contribution in [0.25, 0.3) is 0 Å². The molecule has 178 valence electrons. The molecule has 34 heavy (non-hydrogen) atoms. The summed E-state index contributed by atoms with van der Waals surface area (Å²) in [6, 6.07) is -0.999. The summed E-state index contributed by atoms with van der Waals surface area (Å²) in [6.45, 7) is -0.504. The van der Waals surface area contributed by atoms with Crippen LogP contribution in [0.4, 0.5) is 9.18 Å². The van der Waals surface area contributed by atoms with Gasteiger partial charge in [-0.05, 0) is 6.92 Å². The molecule has 6 N–H and O–H groups in total. The molecule has 0 aliphatic carbocycles. The molecule has 0 aromatic heterocycles. The van der Waals surface area contributed by atoms with Crippen molar-refractivity contribution < 1.29 is 70.2 Å². The van der Waals surface area contributed by atoms with Gasteiger partial charge in [0.25, 0.3) is 0 Å². The van der Waals surface area contributed by atoms with Crippen molar-refractivity contribution in [1.29, 1.82) is 0 Å². The molecule has 2 unspecified atom stereocenters. The zero-order chi connectivity index (χ0) is 23.1. The van der Waals surface area contributed by atoms with Crippen LogP contribution < -0.4 is 5.32 Å². The minimum absolute atomic E-state index is 0. The number of amides is 3. The van der Waals surface area contributed by atoms with Gasteiger partial charge in [-0.25, -0.2) is 22.9 Å². The number of aliphatic hydroxyl groups is 1. The largest absolute Gasteiger partial charge is 0.490 e. The Kier molecular flexibility index (Phi) is 19.4. The van der Waals surface area contributed by atoms with E-state index >= 15 is 0 Å². The van der Waals surface area contributed by atoms with Crippen molar-refractivity contribution in [2.75, 3.05) is 13.2 Å². The Morgan fingerprint density at radius 2 is 1.62 bits per heavy atom. The summed E-state index contributed by atoms with van der Waals surface area (Å²) in [5.41, 5.74) is -2.62. The van der Waals surface area contributed by atoms with Gasteiger partial charge in [0, 0.05) is 131 Å². The van der Waals surface area contributed by atoms with Crippen molar-refractivity contribution in [2.24, 2.45) is 0 Å². The Hall–Kier alpha value is 3.20. The SMILES string of the molecule is C[C@@]1(F)[C@H](O)[C@@H](COP(=O)(O)OP(=O)(O)OP(=O)(O)O)O[C@H]1N1CCC(=O)NC1=O.[Na].[Na].[Na].[Na]. The van der Waals surface area contributed by atoms with Crippen molar-refractivity contribution in [3.05, 3.63) is 0 Å². The van der Waals surface area contributed by atoms with Crippen LogP contribution in [-0.2, 0) is 36.4 Å². The minimum Gasteiger partial charge on any atom is -0.387 e. The second kappa shape index (κ2) is 15.8. The van der Waals surface area contributed by atoms with E-state index in [0.29, 0.717) is 0 Å². The van der Waals surface area contributed by atoms with Crippen LogP contribution in [0.3, 0.4) is 0 Å². The van der Waals surface area contributed by atoms with Gasteiger partial charge in [-0.1, -0.05) is 0 Å². The molecule has 3 amide bonds. The number of halogens is 1.